The molecule has 0 aliphatic rings. The van der Waals surface area contributed by atoms with Gasteiger partial charge in [-0.25, -0.2) is 0 Å². The maximum atomic E-state index is 11.0. The lowest BCUT2D eigenvalue weighted by atomic mass is 10.0. The Bertz CT molecular complexity index is 364. The summed E-state index contributed by atoms with van der Waals surface area (Å²) in [6.45, 7) is 1.72. The van der Waals surface area contributed by atoms with Crippen LogP contribution in [0, 0.1) is 0 Å². The van der Waals surface area contributed by atoms with E-state index in [4.69, 9.17) is 5.11 Å². The summed E-state index contributed by atoms with van der Waals surface area (Å²) in [7, 11) is 0. The van der Waals surface area contributed by atoms with Gasteiger partial charge in [-0.1, -0.05) is 12.1 Å². The zero-order valence-electron chi connectivity index (χ0n) is 8.98. The molecule has 0 radical (unpaired) electrons. The van der Waals surface area contributed by atoms with Crippen molar-refractivity contribution in [2.45, 2.75) is 22.6 Å². The van der Waals surface area contributed by atoms with Crippen molar-refractivity contribution in [3.63, 3.8) is 0 Å². The normalized spacial score (nSPS) is 12.5. The molecule has 1 N–H and O–H groups in total. The Morgan fingerprint density at radius 1 is 1.33 bits per heavy atom. The summed E-state index contributed by atoms with van der Waals surface area (Å²) < 4.78 is 0. The fourth-order valence-corrected chi connectivity index (χ4v) is 3.15. The van der Waals surface area contributed by atoms with Crippen LogP contribution < -0.4 is 0 Å². The molecule has 0 aliphatic heterocycles. The molecular weight excluding hydrogens is 228 g/mol. The molecule has 0 saturated carbocycles. The van der Waals surface area contributed by atoms with E-state index in [0.29, 0.717) is 0 Å². The lowest BCUT2D eigenvalue weighted by Gasteiger charge is -2.14. The lowest BCUT2D eigenvalue weighted by molar-refractivity contribution is -0.138. The minimum Gasteiger partial charge on any atom is -0.481 e. The molecule has 15 heavy (non-hydrogen) atoms. The van der Waals surface area contributed by atoms with Crippen LogP contribution in [0.2, 0.25) is 0 Å². The van der Waals surface area contributed by atoms with E-state index in [-0.39, 0.29) is 0 Å². The summed E-state index contributed by atoms with van der Waals surface area (Å²) >= 11 is 3.26. The molecule has 1 aromatic carbocycles. The van der Waals surface area contributed by atoms with Crippen LogP contribution in [0.5, 0.6) is 0 Å². The van der Waals surface area contributed by atoms with Crippen molar-refractivity contribution in [2.75, 3.05) is 12.5 Å². The standard InChI is InChI=1S/C11H14O2S2/c1-7(11(12)13)8-5-4-6-9(14-2)10(8)15-3/h4-7H,1-3H3,(H,12,13). The summed E-state index contributed by atoms with van der Waals surface area (Å²) in [4.78, 5) is 13.2. The van der Waals surface area contributed by atoms with Gasteiger partial charge in [-0.05, 0) is 31.1 Å². The third-order valence-electron chi connectivity index (χ3n) is 2.27. The van der Waals surface area contributed by atoms with Crippen molar-refractivity contribution >= 4 is 29.5 Å². The Hall–Kier alpha value is -0.610. The average Bonchev–Trinajstić information content (AvgIpc) is 2.26. The van der Waals surface area contributed by atoms with Crippen LogP contribution in [-0.2, 0) is 4.79 Å². The number of benzene rings is 1. The average molecular weight is 242 g/mol. The number of hydrogen-bond acceptors (Lipinski definition) is 3. The van der Waals surface area contributed by atoms with Crippen LogP contribution >= 0.6 is 23.5 Å². The molecule has 0 aliphatic carbocycles. The van der Waals surface area contributed by atoms with Gasteiger partial charge in [0.2, 0.25) is 0 Å². The first-order valence-electron chi connectivity index (χ1n) is 4.55. The summed E-state index contributed by atoms with van der Waals surface area (Å²) in [6, 6.07) is 5.83. The second-order valence-electron chi connectivity index (χ2n) is 3.14. The highest BCUT2D eigenvalue weighted by Crippen LogP contribution is 2.35. The van der Waals surface area contributed by atoms with Gasteiger partial charge in [-0.3, -0.25) is 4.79 Å². The molecule has 82 valence electrons. The van der Waals surface area contributed by atoms with E-state index in [2.05, 4.69) is 0 Å². The van der Waals surface area contributed by atoms with Crippen molar-refractivity contribution < 1.29 is 9.90 Å². The van der Waals surface area contributed by atoms with Gasteiger partial charge in [-0.2, -0.15) is 0 Å². The highest BCUT2D eigenvalue weighted by atomic mass is 32.2. The Morgan fingerprint density at radius 3 is 2.47 bits per heavy atom. The van der Waals surface area contributed by atoms with E-state index in [1.54, 1.807) is 30.4 Å². The predicted octanol–water partition coefficient (Wildman–Crippen LogP) is 3.32. The van der Waals surface area contributed by atoms with Gasteiger partial charge >= 0.3 is 5.97 Å². The van der Waals surface area contributed by atoms with Crippen molar-refractivity contribution in [2.24, 2.45) is 0 Å². The van der Waals surface area contributed by atoms with Crippen LogP contribution in [0.15, 0.2) is 28.0 Å². The highest BCUT2D eigenvalue weighted by Gasteiger charge is 2.18. The maximum Gasteiger partial charge on any atom is 0.310 e. The molecule has 1 atom stereocenters. The van der Waals surface area contributed by atoms with Crippen molar-refractivity contribution in [1.29, 1.82) is 0 Å². The SMILES string of the molecule is CSc1cccc(C(C)C(=O)O)c1SC. The summed E-state index contributed by atoms with van der Waals surface area (Å²) in [5, 5.41) is 9.00. The molecule has 1 unspecified atom stereocenters. The number of carboxylic acids is 1. The molecule has 0 spiro atoms. The van der Waals surface area contributed by atoms with Gasteiger partial charge < -0.3 is 5.11 Å². The monoisotopic (exact) mass is 242 g/mol. The van der Waals surface area contributed by atoms with Gasteiger partial charge in [-0.15, -0.1) is 23.5 Å². The van der Waals surface area contributed by atoms with Gasteiger partial charge in [0, 0.05) is 9.79 Å². The van der Waals surface area contributed by atoms with Crippen LogP contribution in [0.3, 0.4) is 0 Å². The molecule has 0 heterocycles. The molecule has 0 fully saturated rings. The number of hydrogen-bond donors (Lipinski definition) is 1. The van der Waals surface area contributed by atoms with Gasteiger partial charge in [0.25, 0.3) is 0 Å². The van der Waals surface area contributed by atoms with Crippen molar-refractivity contribution in [3.8, 4) is 0 Å². The van der Waals surface area contributed by atoms with Gasteiger partial charge in [0.05, 0.1) is 5.92 Å². The molecule has 4 heteroatoms. The minimum atomic E-state index is -0.774. The number of carboxylic acid groups (broad SMARTS) is 1. The Kier molecular flexibility index (Phi) is 4.54. The zero-order valence-corrected chi connectivity index (χ0v) is 10.6. The van der Waals surface area contributed by atoms with E-state index in [9.17, 15) is 4.79 Å². The first kappa shape index (κ1) is 12.5. The quantitative estimate of drug-likeness (QED) is 0.822. The van der Waals surface area contributed by atoms with Crippen LogP contribution in [-0.4, -0.2) is 23.6 Å². The summed E-state index contributed by atoms with van der Waals surface area (Å²) in [5.41, 5.74) is 0.904. The van der Waals surface area contributed by atoms with E-state index in [0.717, 1.165) is 15.4 Å². The highest BCUT2D eigenvalue weighted by molar-refractivity contribution is 8.01. The van der Waals surface area contributed by atoms with Crippen molar-refractivity contribution in [3.05, 3.63) is 23.8 Å². The van der Waals surface area contributed by atoms with E-state index >= 15 is 0 Å². The largest absolute Gasteiger partial charge is 0.481 e. The predicted molar refractivity (Wildman–Crippen MR) is 66.1 cm³/mol. The van der Waals surface area contributed by atoms with Crippen LogP contribution in [0.25, 0.3) is 0 Å². The zero-order chi connectivity index (χ0) is 11.4. The minimum absolute atomic E-state index is 0.445. The fraction of sp³-hybridized carbons (Fsp3) is 0.364. The maximum absolute atomic E-state index is 11.0. The molecule has 0 amide bonds. The smallest absolute Gasteiger partial charge is 0.310 e. The molecule has 0 saturated heterocycles. The third kappa shape index (κ3) is 2.69. The number of carbonyl (C=O) groups is 1. The Labute approximate surface area is 98.5 Å². The second kappa shape index (κ2) is 5.47. The summed E-state index contributed by atoms with van der Waals surface area (Å²) in [5.74, 6) is -1.22. The number of aliphatic carboxylic acids is 1. The van der Waals surface area contributed by atoms with Crippen LogP contribution in [0.4, 0.5) is 0 Å². The van der Waals surface area contributed by atoms with Crippen molar-refractivity contribution in [1.82, 2.24) is 0 Å². The van der Waals surface area contributed by atoms with Crippen LogP contribution in [0.1, 0.15) is 18.4 Å². The van der Waals surface area contributed by atoms with Gasteiger partial charge in [0.15, 0.2) is 0 Å². The number of rotatable bonds is 4. The van der Waals surface area contributed by atoms with Gasteiger partial charge in [0.1, 0.15) is 0 Å². The summed E-state index contributed by atoms with van der Waals surface area (Å²) in [6.07, 6.45) is 3.98. The first-order valence-corrected chi connectivity index (χ1v) is 7.00. The van der Waals surface area contributed by atoms with E-state index in [1.165, 1.54) is 0 Å². The molecule has 2 nitrogen and oxygen atoms in total. The fourth-order valence-electron chi connectivity index (χ4n) is 1.39. The Balaban J connectivity index is 3.22. The molecule has 0 bridgehead atoms. The lowest BCUT2D eigenvalue weighted by Crippen LogP contribution is -2.08. The first-order chi connectivity index (χ1) is 7.11. The molecule has 1 aromatic rings. The number of thioether (sulfide) groups is 2. The second-order valence-corrected chi connectivity index (χ2v) is 4.81. The molecular formula is C11H14O2S2. The van der Waals surface area contributed by atoms with E-state index in [1.807, 2.05) is 30.7 Å². The third-order valence-corrected chi connectivity index (χ3v) is 4.04. The van der Waals surface area contributed by atoms with E-state index < -0.39 is 11.9 Å². The molecule has 1 rings (SSSR count). The Morgan fingerprint density at radius 2 is 2.00 bits per heavy atom. The molecule has 0 aromatic heterocycles. The topological polar surface area (TPSA) is 37.3 Å².